The molecule has 9 nitrogen and oxygen atoms in total. The third kappa shape index (κ3) is 4.93. The minimum atomic E-state index is -0.657. The van der Waals surface area contributed by atoms with Crippen molar-refractivity contribution in [2.75, 3.05) is 5.32 Å². The van der Waals surface area contributed by atoms with E-state index in [-0.39, 0.29) is 23.9 Å². The Bertz CT molecular complexity index is 1510. The van der Waals surface area contributed by atoms with Gasteiger partial charge in [-0.25, -0.2) is 0 Å². The number of amidine groups is 1. The van der Waals surface area contributed by atoms with Crippen molar-refractivity contribution in [3.8, 4) is 0 Å². The first-order chi connectivity index (χ1) is 17.5. The Morgan fingerprint density at radius 2 is 1.67 bits per heavy atom. The van der Waals surface area contributed by atoms with E-state index in [1.54, 1.807) is 6.21 Å². The third-order valence-electron chi connectivity index (χ3n) is 5.66. The first-order valence-electron chi connectivity index (χ1n) is 11.0. The minimum Gasteiger partial charge on any atom is -0.326 e. The third-order valence-corrected chi connectivity index (χ3v) is 6.73. The van der Waals surface area contributed by atoms with Crippen molar-refractivity contribution < 1.29 is 14.5 Å². The lowest BCUT2D eigenvalue weighted by molar-refractivity contribution is -0.384. The molecule has 36 heavy (non-hydrogen) atoms. The van der Waals surface area contributed by atoms with Gasteiger partial charge in [0.25, 0.3) is 5.69 Å². The average molecular weight is 498 g/mol. The van der Waals surface area contributed by atoms with Crippen LogP contribution in [0.25, 0.3) is 21.5 Å². The number of hydrogen-bond donors (Lipinski definition) is 2. The van der Waals surface area contributed by atoms with Crippen LogP contribution < -0.4 is 10.6 Å². The van der Waals surface area contributed by atoms with Gasteiger partial charge in [0.15, 0.2) is 5.17 Å². The Morgan fingerprint density at radius 3 is 2.31 bits per heavy atom. The number of non-ortho nitro benzene ring substituents is 1. The molecule has 1 saturated heterocycles. The van der Waals surface area contributed by atoms with Crippen LogP contribution >= 0.6 is 11.8 Å². The molecule has 0 aliphatic carbocycles. The molecule has 1 unspecified atom stereocenters. The van der Waals surface area contributed by atoms with Crippen LogP contribution in [0.15, 0.2) is 89.1 Å². The van der Waals surface area contributed by atoms with Crippen molar-refractivity contribution in [3.63, 3.8) is 0 Å². The number of nitro groups is 1. The minimum absolute atomic E-state index is 0.0726. The molecule has 1 aliphatic rings. The molecular weight excluding hydrogens is 478 g/mol. The molecule has 4 aromatic rings. The second-order valence-electron chi connectivity index (χ2n) is 8.03. The van der Waals surface area contributed by atoms with Crippen molar-refractivity contribution >= 4 is 67.9 Å². The Morgan fingerprint density at radius 1 is 1.03 bits per heavy atom. The van der Waals surface area contributed by atoms with Crippen LogP contribution in [-0.4, -0.2) is 33.4 Å². The van der Waals surface area contributed by atoms with Crippen LogP contribution in [-0.2, 0) is 9.59 Å². The summed E-state index contributed by atoms with van der Waals surface area (Å²) in [4.78, 5) is 35.0. The maximum Gasteiger partial charge on any atom is 0.269 e. The molecule has 1 aliphatic heterocycles. The molecule has 1 heterocycles. The molecule has 1 fully saturated rings. The first-order valence-corrected chi connectivity index (χ1v) is 11.9. The van der Waals surface area contributed by atoms with Gasteiger partial charge >= 0.3 is 0 Å². The lowest BCUT2D eigenvalue weighted by Gasteiger charge is -2.07. The maximum absolute atomic E-state index is 12.4. The molecule has 0 radical (unpaired) electrons. The highest BCUT2D eigenvalue weighted by Gasteiger charge is 2.32. The van der Waals surface area contributed by atoms with Gasteiger partial charge in [-0.2, -0.15) is 5.10 Å². The number of nitrogens with one attached hydrogen (secondary N) is 2. The number of hydrogen-bond acceptors (Lipinski definition) is 7. The van der Waals surface area contributed by atoms with Gasteiger partial charge in [-0.1, -0.05) is 60.3 Å². The lowest BCUT2D eigenvalue weighted by Crippen LogP contribution is -2.28. The van der Waals surface area contributed by atoms with E-state index in [4.69, 9.17) is 0 Å². The Labute approximate surface area is 209 Å². The molecule has 0 spiro atoms. The standard InChI is InChI=1S/C26H19N5O4S/c32-24(28-18-9-11-19(12-10-18)31(34)35)14-23-25(33)29-26(36-23)30-27-15-22-20-7-3-1-5-16(20)13-17-6-2-4-8-21(17)22/h1-13,15,23H,14H2,(H,28,32)(H,29,30,33)/b27-15+. The number of carbonyl (C=O) groups is 2. The average Bonchev–Trinajstić information content (AvgIpc) is 3.22. The Hall–Kier alpha value is -4.57. The van der Waals surface area contributed by atoms with E-state index in [2.05, 4.69) is 26.9 Å². The largest absolute Gasteiger partial charge is 0.326 e. The van der Waals surface area contributed by atoms with Crippen molar-refractivity contribution in [2.24, 2.45) is 10.2 Å². The number of fused-ring (bicyclic) bond motifs is 2. The number of rotatable bonds is 6. The van der Waals surface area contributed by atoms with E-state index in [1.807, 2.05) is 48.5 Å². The molecule has 2 N–H and O–H groups in total. The Kier molecular flexibility index (Phi) is 6.42. The summed E-state index contributed by atoms with van der Waals surface area (Å²) in [6.45, 7) is 0. The highest BCUT2D eigenvalue weighted by Crippen LogP contribution is 2.28. The van der Waals surface area contributed by atoms with Gasteiger partial charge in [0.2, 0.25) is 11.8 Å². The summed E-state index contributed by atoms with van der Waals surface area (Å²) in [5.41, 5.74) is 1.27. The zero-order valence-corrected chi connectivity index (χ0v) is 19.6. The molecule has 4 aromatic carbocycles. The van der Waals surface area contributed by atoms with Crippen LogP contribution in [0.1, 0.15) is 12.0 Å². The molecular formula is C26H19N5O4S. The predicted molar refractivity (Wildman–Crippen MR) is 142 cm³/mol. The predicted octanol–water partition coefficient (Wildman–Crippen LogP) is 4.85. The highest BCUT2D eigenvalue weighted by atomic mass is 32.2. The van der Waals surface area contributed by atoms with Crippen LogP contribution in [0.2, 0.25) is 0 Å². The van der Waals surface area contributed by atoms with Crippen LogP contribution in [0.5, 0.6) is 0 Å². The van der Waals surface area contributed by atoms with Crippen LogP contribution in [0.3, 0.4) is 0 Å². The molecule has 5 rings (SSSR count). The smallest absolute Gasteiger partial charge is 0.269 e. The van der Waals surface area contributed by atoms with Gasteiger partial charge in [0.1, 0.15) is 5.25 Å². The van der Waals surface area contributed by atoms with Gasteiger partial charge in [-0.3, -0.25) is 19.7 Å². The van der Waals surface area contributed by atoms with Gasteiger partial charge in [0.05, 0.1) is 11.1 Å². The monoisotopic (exact) mass is 497 g/mol. The molecule has 2 amide bonds. The second kappa shape index (κ2) is 9.96. The summed E-state index contributed by atoms with van der Waals surface area (Å²) >= 11 is 1.13. The summed E-state index contributed by atoms with van der Waals surface area (Å²) in [7, 11) is 0. The summed E-state index contributed by atoms with van der Waals surface area (Å²) < 4.78 is 0. The number of anilines is 1. The van der Waals surface area contributed by atoms with E-state index in [9.17, 15) is 19.7 Å². The maximum atomic E-state index is 12.4. The van der Waals surface area contributed by atoms with Crippen LogP contribution in [0.4, 0.5) is 11.4 Å². The summed E-state index contributed by atoms with van der Waals surface area (Å²) in [6.07, 6.45) is 1.60. The number of benzene rings is 4. The molecule has 178 valence electrons. The number of nitro benzene ring substituents is 1. The van der Waals surface area contributed by atoms with Crippen molar-refractivity contribution in [3.05, 3.63) is 94.5 Å². The fourth-order valence-electron chi connectivity index (χ4n) is 3.96. The van der Waals surface area contributed by atoms with Gasteiger partial charge in [-0.15, -0.1) is 5.10 Å². The fraction of sp³-hybridized carbons (Fsp3) is 0.0769. The van der Waals surface area contributed by atoms with Gasteiger partial charge < -0.3 is 10.6 Å². The van der Waals surface area contributed by atoms with E-state index in [0.717, 1.165) is 38.9 Å². The number of thioether (sulfide) groups is 1. The molecule has 0 saturated carbocycles. The second-order valence-corrected chi connectivity index (χ2v) is 9.23. The van der Waals surface area contributed by atoms with E-state index in [1.165, 1.54) is 24.3 Å². The highest BCUT2D eigenvalue weighted by molar-refractivity contribution is 8.15. The van der Waals surface area contributed by atoms with Crippen molar-refractivity contribution in [2.45, 2.75) is 11.7 Å². The van der Waals surface area contributed by atoms with E-state index >= 15 is 0 Å². The van der Waals surface area contributed by atoms with Crippen LogP contribution in [0, 0.1) is 10.1 Å². The Balaban J connectivity index is 1.28. The number of amides is 2. The molecule has 0 aromatic heterocycles. The van der Waals surface area contributed by atoms with Crippen molar-refractivity contribution in [1.29, 1.82) is 0 Å². The quantitative estimate of drug-likeness (QED) is 0.170. The number of nitrogens with zero attached hydrogens (tertiary/aromatic N) is 3. The van der Waals surface area contributed by atoms with Crippen molar-refractivity contribution in [1.82, 2.24) is 5.32 Å². The van der Waals surface area contributed by atoms with Gasteiger partial charge in [0, 0.05) is 29.8 Å². The summed E-state index contributed by atoms with van der Waals surface area (Å²) in [5.74, 6) is -0.716. The first kappa shape index (κ1) is 23.2. The van der Waals surface area contributed by atoms with Gasteiger partial charge in [-0.05, 0) is 39.7 Å². The number of carbonyl (C=O) groups excluding carboxylic acids is 2. The molecule has 1 atom stereocenters. The molecule has 10 heteroatoms. The topological polar surface area (TPSA) is 126 Å². The van der Waals surface area contributed by atoms with E-state index < -0.39 is 10.2 Å². The zero-order chi connectivity index (χ0) is 25.1. The molecule has 0 bridgehead atoms. The fourth-order valence-corrected chi connectivity index (χ4v) is 4.88. The zero-order valence-electron chi connectivity index (χ0n) is 18.8. The SMILES string of the molecule is O=C(CC1S/C(=N/N=C/c2c3ccccc3cc3ccccc23)NC1=O)Nc1ccc([N+](=O)[O-])cc1. The summed E-state index contributed by atoms with van der Waals surface area (Å²) in [6, 6.07) is 23.7. The summed E-state index contributed by atoms with van der Waals surface area (Å²) in [5, 5.41) is 28.4. The lowest BCUT2D eigenvalue weighted by atomic mass is 9.97. The normalized spacial score (nSPS) is 16.6. The van der Waals surface area contributed by atoms with E-state index in [0.29, 0.717) is 10.9 Å².